The second-order valence-corrected chi connectivity index (χ2v) is 7.07. The van der Waals surface area contributed by atoms with Crippen LogP contribution >= 0.6 is 11.3 Å². The summed E-state index contributed by atoms with van der Waals surface area (Å²) < 4.78 is 19.5. The van der Waals surface area contributed by atoms with Gasteiger partial charge in [-0.1, -0.05) is 12.1 Å². The Hall–Kier alpha value is -2.31. The van der Waals surface area contributed by atoms with Gasteiger partial charge in [0.15, 0.2) is 0 Å². The minimum atomic E-state index is -0.270. The Labute approximate surface area is 148 Å². The number of hydrogen-bond donors (Lipinski definition) is 0. The fraction of sp³-hybridized carbons (Fsp3) is 0.263. The maximum atomic E-state index is 13.2. The van der Waals surface area contributed by atoms with Crippen molar-refractivity contribution in [1.82, 2.24) is 9.88 Å². The number of nitrogens with zero attached hydrogens (tertiary/aromatic N) is 2. The van der Waals surface area contributed by atoms with Crippen LogP contribution in [0.15, 0.2) is 36.5 Å². The Kier molecular flexibility index (Phi) is 4.23. The zero-order valence-corrected chi connectivity index (χ0v) is 14.6. The summed E-state index contributed by atoms with van der Waals surface area (Å²) in [7, 11) is 0. The van der Waals surface area contributed by atoms with E-state index in [1.165, 1.54) is 23.5 Å². The van der Waals surface area contributed by atoms with Crippen LogP contribution in [0.1, 0.15) is 15.4 Å². The summed E-state index contributed by atoms with van der Waals surface area (Å²) in [5.74, 6) is -0.234. The van der Waals surface area contributed by atoms with Crippen molar-refractivity contribution in [2.45, 2.75) is 6.92 Å². The van der Waals surface area contributed by atoms with E-state index < -0.39 is 0 Å². The Morgan fingerprint density at radius 1 is 1.24 bits per heavy atom. The first kappa shape index (κ1) is 16.2. The molecule has 1 amide bonds. The van der Waals surface area contributed by atoms with Crippen LogP contribution in [0.2, 0.25) is 0 Å². The molecule has 0 N–H and O–H groups in total. The van der Waals surface area contributed by atoms with E-state index >= 15 is 0 Å². The third kappa shape index (κ3) is 3.03. The lowest BCUT2D eigenvalue weighted by atomic mass is 10.0. The van der Waals surface area contributed by atoms with Gasteiger partial charge in [-0.05, 0) is 30.7 Å². The molecule has 3 heterocycles. The van der Waals surface area contributed by atoms with Gasteiger partial charge in [-0.25, -0.2) is 4.39 Å². The van der Waals surface area contributed by atoms with Gasteiger partial charge in [-0.2, -0.15) is 0 Å². The van der Waals surface area contributed by atoms with Crippen molar-refractivity contribution in [3.63, 3.8) is 0 Å². The molecule has 1 saturated heterocycles. The van der Waals surface area contributed by atoms with Crippen molar-refractivity contribution in [2.24, 2.45) is 0 Å². The Morgan fingerprint density at radius 3 is 2.68 bits per heavy atom. The van der Waals surface area contributed by atoms with E-state index in [0.29, 0.717) is 31.2 Å². The van der Waals surface area contributed by atoms with Gasteiger partial charge in [-0.15, -0.1) is 11.3 Å². The molecule has 1 aromatic carbocycles. The summed E-state index contributed by atoms with van der Waals surface area (Å²) in [6, 6.07) is 8.29. The summed E-state index contributed by atoms with van der Waals surface area (Å²) in [6.45, 7) is 4.34. The van der Waals surface area contributed by atoms with Gasteiger partial charge in [0.05, 0.1) is 28.5 Å². The molecule has 0 bridgehead atoms. The predicted molar refractivity (Wildman–Crippen MR) is 96.5 cm³/mol. The highest BCUT2D eigenvalue weighted by Crippen LogP contribution is 2.35. The number of benzene rings is 1. The number of aromatic nitrogens is 1. The monoisotopic (exact) mass is 356 g/mol. The summed E-state index contributed by atoms with van der Waals surface area (Å²) in [5, 5.41) is 0.987. The Morgan fingerprint density at radius 2 is 1.96 bits per heavy atom. The minimum absolute atomic E-state index is 0.0361. The van der Waals surface area contributed by atoms with Gasteiger partial charge >= 0.3 is 0 Å². The molecule has 1 fully saturated rings. The van der Waals surface area contributed by atoms with E-state index in [9.17, 15) is 9.18 Å². The lowest BCUT2D eigenvalue weighted by molar-refractivity contribution is 0.0306. The van der Waals surface area contributed by atoms with Crippen molar-refractivity contribution < 1.29 is 13.9 Å². The minimum Gasteiger partial charge on any atom is -0.378 e. The van der Waals surface area contributed by atoms with E-state index in [1.807, 2.05) is 17.9 Å². The molecule has 3 aromatic rings. The molecule has 25 heavy (non-hydrogen) atoms. The van der Waals surface area contributed by atoms with Crippen LogP contribution in [0.4, 0.5) is 4.39 Å². The topological polar surface area (TPSA) is 42.4 Å². The fourth-order valence-electron chi connectivity index (χ4n) is 3.04. The van der Waals surface area contributed by atoms with Crippen LogP contribution < -0.4 is 0 Å². The zero-order valence-electron chi connectivity index (χ0n) is 13.8. The van der Waals surface area contributed by atoms with Crippen LogP contribution in [0.25, 0.3) is 21.2 Å². The van der Waals surface area contributed by atoms with E-state index in [1.54, 1.807) is 18.3 Å². The number of ether oxygens (including phenoxy) is 1. The van der Waals surface area contributed by atoms with E-state index in [0.717, 1.165) is 26.9 Å². The number of aryl methyl sites for hydroxylation is 1. The number of pyridine rings is 1. The molecule has 1 aliphatic rings. The van der Waals surface area contributed by atoms with Gasteiger partial charge in [0, 0.05) is 30.2 Å². The fourth-order valence-corrected chi connectivity index (χ4v) is 4.13. The Balaban J connectivity index is 1.79. The lowest BCUT2D eigenvalue weighted by Crippen LogP contribution is -2.40. The quantitative estimate of drug-likeness (QED) is 0.700. The second-order valence-electron chi connectivity index (χ2n) is 6.02. The molecule has 0 saturated carbocycles. The van der Waals surface area contributed by atoms with Crippen LogP contribution in [0.5, 0.6) is 0 Å². The summed E-state index contributed by atoms with van der Waals surface area (Å²) in [4.78, 5) is 19.8. The number of rotatable bonds is 2. The highest BCUT2D eigenvalue weighted by Gasteiger charge is 2.22. The maximum Gasteiger partial charge on any atom is 0.264 e. The van der Waals surface area contributed by atoms with Gasteiger partial charge in [0.25, 0.3) is 5.91 Å². The zero-order chi connectivity index (χ0) is 17.4. The normalized spacial score (nSPS) is 14.9. The first-order valence-electron chi connectivity index (χ1n) is 8.15. The standard InChI is InChI=1S/C19H17FN2O2S/c1-12-18-15(16(11-21-12)13-2-4-14(20)5-3-13)10-17(25-18)19(23)22-6-8-24-9-7-22/h2-5,10-11H,6-9H2,1H3. The summed E-state index contributed by atoms with van der Waals surface area (Å²) in [5.41, 5.74) is 2.70. The predicted octanol–water partition coefficient (Wildman–Crippen LogP) is 3.88. The summed E-state index contributed by atoms with van der Waals surface area (Å²) >= 11 is 1.47. The largest absolute Gasteiger partial charge is 0.378 e. The van der Waals surface area contributed by atoms with Crippen LogP contribution in [0.3, 0.4) is 0 Å². The number of thiophene rings is 1. The third-order valence-electron chi connectivity index (χ3n) is 4.40. The van der Waals surface area contributed by atoms with Crippen molar-refractivity contribution in [2.75, 3.05) is 26.3 Å². The molecule has 0 atom stereocenters. The lowest BCUT2D eigenvalue weighted by Gasteiger charge is -2.26. The molecule has 128 valence electrons. The molecule has 0 aliphatic carbocycles. The van der Waals surface area contributed by atoms with Crippen molar-refractivity contribution >= 4 is 27.3 Å². The van der Waals surface area contributed by atoms with Crippen LogP contribution in [-0.4, -0.2) is 42.1 Å². The van der Waals surface area contributed by atoms with Crippen molar-refractivity contribution in [1.29, 1.82) is 0 Å². The van der Waals surface area contributed by atoms with Gasteiger partial charge < -0.3 is 9.64 Å². The SMILES string of the molecule is Cc1ncc(-c2ccc(F)cc2)c2cc(C(=O)N3CCOCC3)sc12. The number of carbonyl (C=O) groups excluding carboxylic acids is 1. The number of fused-ring (bicyclic) bond motifs is 1. The van der Waals surface area contributed by atoms with Crippen LogP contribution in [-0.2, 0) is 4.74 Å². The molecule has 4 rings (SSSR count). The average molecular weight is 356 g/mol. The summed E-state index contributed by atoms with van der Waals surface area (Å²) in [6.07, 6.45) is 1.79. The van der Waals surface area contributed by atoms with Gasteiger partial charge in [-0.3, -0.25) is 9.78 Å². The number of carbonyl (C=O) groups is 1. The van der Waals surface area contributed by atoms with Crippen LogP contribution in [0, 0.1) is 12.7 Å². The number of amides is 1. The smallest absolute Gasteiger partial charge is 0.264 e. The molecular weight excluding hydrogens is 339 g/mol. The molecule has 6 heteroatoms. The Bertz CT molecular complexity index is 930. The van der Waals surface area contributed by atoms with Crippen molar-refractivity contribution in [3.05, 3.63) is 52.9 Å². The molecule has 0 unspecified atom stereocenters. The van der Waals surface area contributed by atoms with Crippen molar-refractivity contribution in [3.8, 4) is 11.1 Å². The average Bonchev–Trinajstić information content (AvgIpc) is 3.09. The second kappa shape index (κ2) is 6.54. The highest BCUT2D eigenvalue weighted by molar-refractivity contribution is 7.21. The number of hydrogen-bond acceptors (Lipinski definition) is 4. The first-order valence-corrected chi connectivity index (χ1v) is 8.97. The van der Waals surface area contributed by atoms with E-state index in [2.05, 4.69) is 4.98 Å². The molecule has 4 nitrogen and oxygen atoms in total. The first-order chi connectivity index (χ1) is 12.1. The number of halogens is 1. The van der Waals surface area contributed by atoms with E-state index in [4.69, 9.17) is 4.74 Å². The van der Waals surface area contributed by atoms with Gasteiger partial charge in [0.1, 0.15) is 5.82 Å². The third-order valence-corrected chi connectivity index (χ3v) is 5.63. The molecule has 1 aliphatic heterocycles. The molecule has 0 radical (unpaired) electrons. The van der Waals surface area contributed by atoms with Gasteiger partial charge in [0.2, 0.25) is 0 Å². The molecular formula is C19H17FN2O2S. The highest BCUT2D eigenvalue weighted by atomic mass is 32.1. The van der Waals surface area contributed by atoms with E-state index in [-0.39, 0.29) is 11.7 Å². The molecule has 2 aromatic heterocycles. The number of morpholine rings is 1. The molecule has 0 spiro atoms. The maximum absolute atomic E-state index is 13.2.